The third kappa shape index (κ3) is 3.17. The van der Waals surface area contributed by atoms with Gasteiger partial charge < -0.3 is 19.3 Å². The molecule has 29 heavy (non-hydrogen) atoms. The fourth-order valence-corrected chi connectivity index (χ4v) is 3.13. The first kappa shape index (κ1) is 18.5. The number of benzene rings is 1. The number of hydrogen-bond acceptors (Lipinski definition) is 7. The Kier molecular flexibility index (Phi) is 4.43. The molecule has 10 nitrogen and oxygen atoms in total. The molecule has 11 heteroatoms. The summed E-state index contributed by atoms with van der Waals surface area (Å²) in [6, 6.07) is 6.12. The van der Waals surface area contributed by atoms with Crippen molar-refractivity contribution in [3.63, 3.8) is 0 Å². The molecule has 2 aromatic heterocycles. The van der Waals surface area contributed by atoms with Crippen LogP contribution in [0.25, 0.3) is 16.7 Å². The number of carboxylic acid groups (broad SMARTS) is 1. The van der Waals surface area contributed by atoms with Crippen LogP contribution in [0.3, 0.4) is 0 Å². The van der Waals surface area contributed by atoms with Gasteiger partial charge in [-0.2, -0.15) is 0 Å². The van der Waals surface area contributed by atoms with Crippen LogP contribution in [0.15, 0.2) is 41.3 Å². The minimum atomic E-state index is -1.49. The molecule has 1 aromatic carbocycles. The summed E-state index contributed by atoms with van der Waals surface area (Å²) >= 11 is 0. The number of aromatic nitrogens is 2. The molecule has 1 saturated heterocycles. The number of ether oxygens (including phenoxy) is 1. The Morgan fingerprint density at radius 3 is 2.62 bits per heavy atom. The first-order chi connectivity index (χ1) is 13.9. The van der Waals surface area contributed by atoms with Gasteiger partial charge in [0.1, 0.15) is 18.1 Å². The van der Waals surface area contributed by atoms with Crippen LogP contribution in [0.5, 0.6) is 0 Å². The predicted molar refractivity (Wildman–Crippen MR) is 99.1 cm³/mol. The lowest BCUT2D eigenvalue weighted by molar-refractivity contribution is -0.384. The lowest BCUT2D eigenvalue weighted by Crippen LogP contribution is -2.24. The third-order valence-electron chi connectivity index (χ3n) is 4.52. The first-order valence-electron chi connectivity index (χ1n) is 8.43. The number of nitrogens with zero attached hydrogens (tertiary/aromatic N) is 4. The fraction of sp³-hybridized carbons (Fsp3) is 0.167. The van der Waals surface area contributed by atoms with Crippen molar-refractivity contribution in [2.24, 2.45) is 0 Å². The van der Waals surface area contributed by atoms with E-state index in [1.807, 2.05) is 0 Å². The molecule has 0 amide bonds. The quantitative estimate of drug-likeness (QED) is 0.520. The molecule has 1 aliphatic rings. The van der Waals surface area contributed by atoms with Crippen molar-refractivity contribution in [1.82, 2.24) is 9.55 Å². The summed E-state index contributed by atoms with van der Waals surface area (Å²) in [4.78, 5) is 41.0. The van der Waals surface area contributed by atoms with E-state index >= 15 is 0 Å². The second-order valence-electron chi connectivity index (χ2n) is 6.28. The van der Waals surface area contributed by atoms with E-state index in [1.54, 1.807) is 4.90 Å². The minimum absolute atomic E-state index is 0.00154. The van der Waals surface area contributed by atoms with Gasteiger partial charge in [0.15, 0.2) is 5.65 Å². The van der Waals surface area contributed by atoms with Gasteiger partial charge in [-0.05, 0) is 24.3 Å². The van der Waals surface area contributed by atoms with Crippen LogP contribution in [0, 0.1) is 15.9 Å². The van der Waals surface area contributed by atoms with Crippen molar-refractivity contribution < 1.29 is 24.0 Å². The summed E-state index contributed by atoms with van der Waals surface area (Å²) < 4.78 is 19.9. The van der Waals surface area contributed by atoms with E-state index in [1.165, 1.54) is 28.8 Å². The molecule has 3 aromatic rings. The third-order valence-corrected chi connectivity index (χ3v) is 4.52. The largest absolute Gasteiger partial charge is 0.477 e. The van der Waals surface area contributed by atoms with Gasteiger partial charge in [-0.3, -0.25) is 14.9 Å². The van der Waals surface area contributed by atoms with Crippen molar-refractivity contribution >= 4 is 28.5 Å². The monoisotopic (exact) mass is 400 g/mol. The molecule has 0 spiro atoms. The number of aromatic carboxylic acids is 1. The van der Waals surface area contributed by atoms with E-state index in [-0.39, 0.29) is 23.6 Å². The predicted octanol–water partition coefficient (Wildman–Crippen LogP) is 1.93. The number of fused-ring (bicyclic) bond motifs is 1. The van der Waals surface area contributed by atoms with Gasteiger partial charge in [0, 0.05) is 24.5 Å². The Morgan fingerprint density at radius 1 is 1.31 bits per heavy atom. The maximum absolute atomic E-state index is 13.3. The highest BCUT2D eigenvalue weighted by atomic mass is 19.1. The number of hydrogen-bond donors (Lipinski definition) is 1. The Labute approximate surface area is 161 Å². The minimum Gasteiger partial charge on any atom is -0.477 e. The lowest BCUT2D eigenvalue weighted by Gasteiger charge is -2.17. The van der Waals surface area contributed by atoms with Crippen molar-refractivity contribution in [3.05, 3.63) is 68.2 Å². The summed E-state index contributed by atoms with van der Waals surface area (Å²) in [6.07, 6.45) is 1.07. The molecule has 0 unspecified atom stereocenters. The molecule has 1 fully saturated rings. The fourth-order valence-electron chi connectivity index (χ4n) is 3.13. The zero-order valence-electron chi connectivity index (χ0n) is 14.7. The van der Waals surface area contributed by atoms with Crippen LogP contribution in [-0.2, 0) is 4.74 Å². The molecule has 0 bridgehead atoms. The van der Waals surface area contributed by atoms with Crippen LogP contribution in [0.4, 0.5) is 15.9 Å². The highest BCUT2D eigenvalue weighted by Crippen LogP contribution is 2.31. The Bertz CT molecular complexity index is 1200. The molecule has 148 valence electrons. The molecule has 1 N–H and O–H groups in total. The van der Waals surface area contributed by atoms with Crippen LogP contribution < -0.4 is 10.3 Å². The van der Waals surface area contributed by atoms with Crippen molar-refractivity contribution in [2.75, 3.05) is 24.8 Å². The smallest absolute Gasteiger partial charge is 0.341 e. The number of carbonyl (C=O) groups is 1. The zero-order valence-corrected chi connectivity index (χ0v) is 14.7. The summed E-state index contributed by atoms with van der Waals surface area (Å²) in [7, 11) is 0. The van der Waals surface area contributed by atoms with Gasteiger partial charge in [-0.1, -0.05) is 0 Å². The van der Waals surface area contributed by atoms with Gasteiger partial charge in [0.05, 0.1) is 16.9 Å². The van der Waals surface area contributed by atoms with Gasteiger partial charge >= 0.3 is 11.7 Å². The normalized spacial score (nSPS) is 13.8. The molecule has 1 aliphatic heterocycles. The van der Waals surface area contributed by atoms with E-state index in [4.69, 9.17) is 4.74 Å². The summed E-state index contributed by atoms with van der Waals surface area (Å²) in [5, 5.41) is 20.7. The molecule has 0 aliphatic carbocycles. The molecule has 0 radical (unpaired) electrons. The van der Waals surface area contributed by atoms with Crippen LogP contribution in [-0.4, -0.2) is 45.4 Å². The highest BCUT2D eigenvalue weighted by Gasteiger charge is 2.28. The van der Waals surface area contributed by atoms with Gasteiger partial charge in [-0.25, -0.2) is 14.2 Å². The number of carboxylic acids is 1. The van der Waals surface area contributed by atoms with Crippen LogP contribution >= 0.6 is 0 Å². The maximum atomic E-state index is 13.3. The topological polar surface area (TPSA) is 128 Å². The van der Waals surface area contributed by atoms with E-state index in [0.29, 0.717) is 18.8 Å². The molecule has 3 heterocycles. The number of halogens is 1. The molecule has 0 saturated carbocycles. The second-order valence-corrected chi connectivity index (χ2v) is 6.28. The average Bonchev–Trinajstić information content (AvgIpc) is 3.22. The lowest BCUT2D eigenvalue weighted by atomic mass is 10.1. The summed E-state index contributed by atoms with van der Waals surface area (Å²) in [5.74, 6) is -2.00. The van der Waals surface area contributed by atoms with E-state index < -0.39 is 33.4 Å². The molecule has 4 rings (SSSR count). The standard InChI is InChI=1S/C18H13FN4O6/c19-10-1-3-11(4-2-10)22-8-13(18(25)26)15(24)12-7-14(23(27)28)17(20-16(12)22)21-5-6-29-9-21/h1-4,7-8H,5-6,9H2,(H,25,26). The zero-order chi connectivity index (χ0) is 20.7. The van der Waals surface area contributed by atoms with Crippen molar-refractivity contribution in [2.45, 2.75) is 0 Å². The molecular formula is C18H13FN4O6. The van der Waals surface area contributed by atoms with Crippen molar-refractivity contribution in [1.29, 1.82) is 0 Å². The van der Waals surface area contributed by atoms with E-state index in [2.05, 4.69) is 4.98 Å². The van der Waals surface area contributed by atoms with E-state index in [9.17, 15) is 29.2 Å². The van der Waals surface area contributed by atoms with Crippen molar-refractivity contribution in [3.8, 4) is 5.69 Å². The molecular weight excluding hydrogens is 387 g/mol. The summed E-state index contributed by atoms with van der Waals surface area (Å²) in [6.45, 7) is 0.820. The number of anilines is 1. The first-order valence-corrected chi connectivity index (χ1v) is 8.43. The average molecular weight is 400 g/mol. The number of pyridine rings is 2. The van der Waals surface area contributed by atoms with Gasteiger partial charge in [0.25, 0.3) is 0 Å². The van der Waals surface area contributed by atoms with E-state index in [0.717, 1.165) is 12.3 Å². The van der Waals surface area contributed by atoms with Gasteiger partial charge in [0.2, 0.25) is 11.2 Å². The number of nitro groups is 1. The SMILES string of the molecule is O=C(O)c1cn(-c2ccc(F)cc2)c2nc(N3CCOC3)c([N+](=O)[O-])cc2c1=O. The van der Waals surface area contributed by atoms with Crippen LogP contribution in [0.2, 0.25) is 0 Å². The summed E-state index contributed by atoms with van der Waals surface area (Å²) in [5.41, 5.74) is -1.57. The second kappa shape index (κ2) is 6.95. The Hall–Kier alpha value is -3.86. The van der Waals surface area contributed by atoms with Crippen LogP contribution in [0.1, 0.15) is 10.4 Å². The van der Waals surface area contributed by atoms with Gasteiger partial charge in [-0.15, -0.1) is 0 Å². The molecule has 0 atom stereocenters. The Morgan fingerprint density at radius 2 is 2.03 bits per heavy atom. The Balaban J connectivity index is 2.10. The highest BCUT2D eigenvalue weighted by molar-refractivity contribution is 5.93. The maximum Gasteiger partial charge on any atom is 0.341 e. The number of rotatable bonds is 4.